The highest BCUT2D eigenvalue weighted by atomic mass is 32.1. The molecule has 1 saturated heterocycles. The maximum absolute atomic E-state index is 12.1. The molecule has 26 heavy (non-hydrogen) atoms. The summed E-state index contributed by atoms with van der Waals surface area (Å²) >= 11 is 5.39. The topological polar surface area (TPSA) is 68.8 Å². The Morgan fingerprint density at radius 2 is 1.81 bits per heavy atom. The van der Waals surface area contributed by atoms with E-state index in [0.29, 0.717) is 23.3 Å². The smallest absolute Gasteiger partial charge is 0.276 e. The van der Waals surface area contributed by atoms with Gasteiger partial charge in [-0.2, -0.15) is 0 Å². The van der Waals surface area contributed by atoms with E-state index in [4.69, 9.17) is 12.2 Å². The lowest BCUT2D eigenvalue weighted by Crippen LogP contribution is -2.48. The van der Waals surface area contributed by atoms with Crippen LogP contribution in [-0.2, 0) is 4.79 Å². The molecule has 1 fully saturated rings. The number of carbonyl (C=O) groups excluding carboxylic acids is 1. The molecule has 0 spiro atoms. The zero-order valence-corrected chi connectivity index (χ0v) is 14.7. The monoisotopic (exact) mass is 363 g/mol. The summed E-state index contributed by atoms with van der Waals surface area (Å²) in [4.78, 5) is 16.5. The third-order valence-corrected chi connectivity index (χ3v) is 4.49. The normalized spacial score (nSPS) is 20.8. The minimum atomic E-state index is -0.242. The van der Waals surface area contributed by atoms with Crippen molar-refractivity contribution in [1.82, 2.24) is 21.1 Å². The van der Waals surface area contributed by atoms with Crippen molar-refractivity contribution < 1.29 is 4.79 Å². The second-order valence-corrected chi connectivity index (χ2v) is 6.38. The van der Waals surface area contributed by atoms with E-state index in [9.17, 15) is 4.79 Å². The molecule has 0 radical (unpaired) electrons. The fourth-order valence-corrected chi connectivity index (χ4v) is 3.13. The van der Waals surface area contributed by atoms with E-state index in [-0.39, 0.29) is 11.9 Å². The Balaban J connectivity index is 1.46. The molecule has 4 rings (SSSR count). The van der Waals surface area contributed by atoms with Crippen LogP contribution in [0.5, 0.6) is 0 Å². The molecule has 2 heterocycles. The van der Waals surface area contributed by atoms with Crippen LogP contribution >= 0.6 is 12.2 Å². The molecule has 1 unspecified atom stereocenters. The molecular weight excluding hydrogens is 346 g/mol. The molecule has 1 amide bonds. The highest BCUT2D eigenvalue weighted by molar-refractivity contribution is 7.80. The molecule has 7 heteroatoms. The fourth-order valence-electron chi connectivity index (χ4n) is 2.87. The van der Waals surface area contributed by atoms with Crippen LogP contribution in [0.2, 0.25) is 0 Å². The van der Waals surface area contributed by atoms with Crippen LogP contribution in [0.3, 0.4) is 0 Å². The van der Waals surface area contributed by atoms with E-state index in [1.54, 1.807) is 11.1 Å². The number of hydrogen-bond donors (Lipinski definition) is 3. The van der Waals surface area contributed by atoms with Crippen LogP contribution in [0.4, 0.5) is 0 Å². The predicted molar refractivity (Wildman–Crippen MR) is 105 cm³/mol. The van der Waals surface area contributed by atoms with Crippen LogP contribution in [-0.4, -0.2) is 28.5 Å². The first kappa shape index (κ1) is 16.3. The van der Waals surface area contributed by atoms with Gasteiger partial charge < -0.3 is 5.32 Å². The highest BCUT2D eigenvalue weighted by Gasteiger charge is 2.29. The van der Waals surface area contributed by atoms with Crippen LogP contribution in [0, 0.1) is 0 Å². The number of guanidine groups is 1. The lowest BCUT2D eigenvalue weighted by molar-refractivity contribution is -0.115. The average Bonchev–Trinajstić information content (AvgIpc) is 3.20. The van der Waals surface area contributed by atoms with Crippen molar-refractivity contribution in [3.63, 3.8) is 0 Å². The van der Waals surface area contributed by atoms with Gasteiger partial charge in [-0.3, -0.25) is 20.5 Å². The summed E-state index contributed by atoms with van der Waals surface area (Å²) < 4.78 is 0. The third kappa shape index (κ3) is 3.43. The Morgan fingerprint density at radius 1 is 1.12 bits per heavy atom. The molecule has 2 aromatic carbocycles. The molecule has 6 nitrogen and oxygen atoms in total. The number of nitrogens with one attached hydrogen (secondary N) is 3. The van der Waals surface area contributed by atoms with Crippen LogP contribution in [0.15, 0.2) is 71.4 Å². The van der Waals surface area contributed by atoms with Gasteiger partial charge >= 0.3 is 0 Å². The van der Waals surface area contributed by atoms with Gasteiger partial charge in [0.15, 0.2) is 5.11 Å². The van der Waals surface area contributed by atoms with Gasteiger partial charge in [-0.1, -0.05) is 60.7 Å². The molecule has 0 aromatic heterocycles. The van der Waals surface area contributed by atoms with E-state index in [1.807, 2.05) is 48.5 Å². The van der Waals surface area contributed by atoms with Gasteiger partial charge in [0.1, 0.15) is 5.70 Å². The van der Waals surface area contributed by atoms with Crippen molar-refractivity contribution in [3.8, 4) is 0 Å². The van der Waals surface area contributed by atoms with Gasteiger partial charge in [-0.15, -0.1) is 0 Å². The van der Waals surface area contributed by atoms with Gasteiger partial charge in [-0.25, -0.2) is 4.99 Å². The van der Waals surface area contributed by atoms with E-state index in [2.05, 4.69) is 33.2 Å². The summed E-state index contributed by atoms with van der Waals surface area (Å²) in [7, 11) is 0. The molecule has 2 aliphatic rings. The Kier molecular flexibility index (Phi) is 4.37. The number of thiocarbonyl (C=S) groups is 1. The molecule has 0 aliphatic carbocycles. The van der Waals surface area contributed by atoms with E-state index in [1.165, 1.54) is 0 Å². The number of aliphatic imine (C=N–C) groups is 1. The molecule has 130 valence electrons. The van der Waals surface area contributed by atoms with Crippen molar-refractivity contribution >= 4 is 35.3 Å². The van der Waals surface area contributed by atoms with Crippen molar-refractivity contribution in [1.29, 1.82) is 0 Å². The molecule has 3 N–H and O–H groups in total. The van der Waals surface area contributed by atoms with Crippen LogP contribution in [0.25, 0.3) is 6.08 Å². The van der Waals surface area contributed by atoms with E-state index >= 15 is 0 Å². The quantitative estimate of drug-likeness (QED) is 0.574. The molecule has 0 bridgehead atoms. The Morgan fingerprint density at radius 3 is 2.54 bits per heavy atom. The zero-order valence-electron chi connectivity index (χ0n) is 13.8. The van der Waals surface area contributed by atoms with E-state index < -0.39 is 0 Å². The van der Waals surface area contributed by atoms with Gasteiger partial charge in [0.2, 0.25) is 5.96 Å². The lowest BCUT2D eigenvalue weighted by atomic mass is 10.1. The standard InChI is InChI=1S/C19H17N5OS/c25-17-15(11-13-7-3-1-4-8-13)20-18(22-17)23-24-12-16(21-19(24)26)14-9-5-2-6-10-14/h1-11,16H,12H2,(H,21,26)(H2,20,22,23,25)/b15-11-. The number of amides is 1. The lowest BCUT2D eigenvalue weighted by Gasteiger charge is -2.18. The summed E-state index contributed by atoms with van der Waals surface area (Å²) in [6.45, 7) is 0.634. The number of nitrogens with zero attached hydrogens (tertiary/aromatic N) is 2. The zero-order chi connectivity index (χ0) is 17.9. The number of carbonyl (C=O) groups is 1. The molecule has 0 saturated carbocycles. The Labute approximate surface area is 156 Å². The molecule has 2 aliphatic heterocycles. The minimum absolute atomic E-state index is 0.0910. The third-order valence-electron chi connectivity index (χ3n) is 4.15. The van der Waals surface area contributed by atoms with Gasteiger partial charge in [0.05, 0.1) is 12.6 Å². The van der Waals surface area contributed by atoms with Crippen molar-refractivity contribution in [2.75, 3.05) is 6.54 Å². The SMILES string of the molecule is O=C1NC(NN2CC(c3ccccc3)NC2=S)=N/C1=C\c1ccccc1. The maximum atomic E-state index is 12.1. The first-order chi connectivity index (χ1) is 12.7. The second-order valence-electron chi connectivity index (χ2n) is 5.99. The summed E-state index contributed by atoms with van der Waals surface area (Å²) in [5.74, 6) is 0.129. The number of hydrogen-bond acceptors (Lipinski definition) is 4. The Bertz CT molecular complexity index is 895. The Hall–Kier alpha value is -3.19. The molecule has 2 aromatic rings. The largest absolute Gasteiger partial charge is 0.352 e. The second kappa shape index (κ2) is 6.97. The average molecular weight is 363 g/mol. The van der Waals surface area contributed by atoms with Crippen LogP contribution < -0.4 is 16.1 Å². The maximum Gasteiger partial charge on any atom is 0.276 e. The van der Waals surface area contributed by atoms with Gasteiger partial charge in [0.25, 0.3) is 5.91 Å². The van der Waals surface area contributed by atoms with Crippen molar-refractivity contribution in [2.24, 2.45) is 4.99 Å². The van der Waals surface area contributed by atoms with Crippen LogP contribution in [0.1, 0.15) is 17.2 Å². The summed E-state index contributed by atoms with van der Waals surface area (Å²) in [6.07, 6.45) is 1.75. The minimum Gasteiger partial charge on any atom is -0.352 e. The number of rotatable bonds is 3. The first-order valence-electron chi connectivity index (χ1n) is 8.25. The number of hydrazine groups is 1. The van der Waals surface area contributed by atoms with Gasteiger partial charge in [0, 0.05) is 0 Å². The predicted octanol–water partition coefficient (Wildman–Crippen LogP) is 1.95. The van der Waals surface area contributed by atoms with Gasteiger partial charge in [-0.05, 0) is 29.4 Å². The fraction of sp³-hybridized carbons (Fsp3) is 0.105. The summed E-state index contributed by atoms with van der Waals surface area (Å²) in [5, 5.41) is 8.34. The molecular formula is C19H17N5OS. The number of benzene rings is 2. The first-order valence-corrected chi connectivity index (χ1v) is 8.66. The summed E-state index contributed by atoms with van der Waals surface area (Å²) in [5.41, 5.74) is 5.51. The molecule has 1 atom stereocenters. The van der Waals surface area contributed by atoms with Crippen molar-refractivity contribution in [2.45, 2.75) is 6.04 Å². The van der Waals surface area contributed by atoms with Crippen molar-refractivity contribution in [3.05, 3.63) is 77.5 Å². The van der Waals surface area contributed by atoms with E-state index in [0.717, 1.165) is 11.1 Å². The summed E-state index contributed by atoms with van der Waals surface area (Å²) in [6, 6.07) is 19.8. The highest BCUT2D eigenvalue weighted by Crippen LogP contribution is 2.19.